The van der Waals surface area contributed by atoms with E-state index in [-0.39, 0.29) is 5.91 Å². The predicted octanol–water partition coefficient (Wildman–Crippen LogP) is 3.98. The summed E-state index contributed by atoms with van der Waals surface area (Å²) in [5.74, 6) is 0.635. The molecule has 1 N–H and O–H groups in total. The van der Waals surface area contributed by atoms with Gasteiger partial charge in [0.05, 0.1) is 5.69 Å². The first-order valence-corrected chi connectivity index (χ1v) is 9.29. The number of carbonyl (C=O) groups excluding carboxylic acids is 1. The molecular weight excluding hydrogens is 352 g/mol. The monoisotopic (exact) mass is 372 g/mol. The number of rotatable bonds is 6. The summed E-state index contributed by atoms with van der Waals surface area (Å²) in [5, 5.41) is 16.0. The van der Waals surface area contributed by atoms with Crippen LogP contribution in [0.3, 0.4) is 0 Å². The quantitative estimate of drug-likeness (QED) is 0.553. The Morgan fingerprint density at radius 1 is 1.00 bits per heavy atom. The molecule has 0 aliphatic rings. The van der Waals surface area contributed by atoms with Crippen LogP contribution in [-0.4, -0.2) is 30.7 Å². The lowest BCUT2D eigenvalue weighted by molar-refractivity contribution is -0.116. The number of hydrogen-bond donors (Lipinski definition) is 1. The highest BCUT2D eigenvalue weighted by Crippen LogP contribution is 2.22. The van der Waals surface area contributed by atoms with Crippen molar-refractivity contribution in [1.29, 1.82) is 0 Å². The molecule has 4 aromatic rings. The van der Waals surface area contributed by atoms with Gasteiger partial charge >= 0.3 is 0 Å². The number of pyridine rings is 1. The van der Waals surface area contributed by atoms with Crippen molar-refractivity contribution in [2.45, 2.75) is 26.2 Å². The maximum Gasteiger partial charge on any atom is 0.224 e. The Balaban J connectivity index is 1.60. The summed E-state index contributed by atoms with van der Waals surface area (Å²) >= 11 is 0. The van der Waals surface area contributed by atoms with Gasteiger partial charge in [-0.1, -0.05) is 31.5 Å². The Bertz CT molecular complexity index is 1090. The fourth-order valence-corrected chi connectivity index (χ4v) is 2.88. The Hall–Kier alpha value is -3.61. The molecule has 0 aliphatic heterocycles. The molecule has 0 unspecified atom stereocenters. The third-order valence-electron chi connectivity index (χ3n) is 4.38. The zero-order chi connectivity index (χ0) is 19.3. The van der Waals surface area contributed by atoms with Gasteiger partial charge in [0.2, 0.25) is 11.7 Å². The summed E-state index contributed by atoms with van der Waals surface area (Å²) in [5.41, 5.74) is 3.88. The molecular formula is C21H20N6O. The number of nitrogens with zero attached hydrogens (tertiary/aromatic N) is 5. The van der Waals surface area contributed by atoms with Gasteiger partial charge in [-0.15, -0.1) is 10.2 Å². The van der Waals surface area contributed by atoms with Crippen molar-refractivity contribution < 1.29 is 4.79 Å². The summed E-state index contributed by atoms with van der Waals surface area (Å²) in [4.78, 5) is 16.2. The van der Waals surface area contributed by atoms with Crippen LogP contribution in [0.25, 0.3) is 28.4 Å². The van der Waals surface area contributed by atoms with Gasteiger partial charge in [-0.25, -0.2) is 0 Å². The van der Waals surface area contributed by atoms with Gasteiger partial charge in [0.15, 0.2) is 5.65 Å². The van der Waals surface area contributed by atoms with Crippen LogP contribution in [0.5, 0.6) is 0 Å². The standard InChI is InChI=1S/C21H20N6O/c1-2-3-7-20(28)23-16-10-8-15(9-11-16)17-12-13-19-24-25-21(27(19)26-17)18-6-4-5-14-22-18/h4-6,8-14H,2-3,7H2,1H3,(H,23,28). The van der Waals surface area contributed by atoms with Crippen molar-refractivity contribution in [2.24, 2.45) is 0 Å². The summed E-state index contributed by atoms with van der Waals surface area (Å²) in [7, 11) is 0. The number of aromatic nitrogens is 5. The lowest BCUT2D eigenvalue weighted by Gasteiger charge is -2.07. The van der Waals surface area contributed by atoms with Gasteiger partial charge in [-0.05, 0) is 42.8 Å². The smallest absolute Gasteiger partial charge is 0.224 e. The first-order valence-electron chi connectivity index (χ1n) is 9.29. The molecule has 0 radical (unpaired) electrons. The molecule has 0 fully saturated rings. The highest BCUT2D eigenvalue weighted by atomic mass is 16.1. The second-order valence-electron chi connectivity index (χ2n) is 6.46. The van der Waals surface area contributed by atoms with Gasteiger partial charge in [-0.3, -0.25) is 9.78 Å². The zero-order valence-electron chi connectivity index (χ0n) is 15.5. The molecule has 0 spiro atoms. The second kappa shape index (κ2) is 7.96. The van der Waals surface area contributed by atoms with Gasteiger partial charge in [0, 0.05) is 23.9 Å². The van der Waals surface area contributed by atoms with E-state index in [4.69, 9.17) is 0 Å². The molecule has 0 bridgehead atoms. The van der Waals surface area contributed by atoms with Crippen LogP contribution in [0.4, 0.5) is 5.69 Å². The summed E-state index contributed by atoms with van der Waals surface area (Å²) < 4.78 is 1.69. The number of nitrogens with one attached hydrogen (secondary N) is 1. The van der Waals surface area contributed by atoms with Crippen LogP contribution in [0.2, 0.25) is 0 Å². The first-order chi connectivity index (χ1) is 13.7. The molecule has 7 heteroatoms. The van der Waals surface area contributed by atoms with E-state index in [0.29, 0.717) is 23.6 Å². The van der Waals surface area contributed by atoms with Crippen LogP contribution in [-0.2, 0) is 4.79 Å². The maximum absolute atomic E-state index is 11.9. The predicted molar refractivity (Wildman–Crippen MR) is 108 cm³/mol. The third-order valence-corrected chi connectivity index (χ3v) is 4.38. The van der Waals surface area contributed by atoms with E-state index in [9.17, 15) is 4.79 Å². The Morgan fingerprint density at radius 3 is 2.61 bits per heavy atom. The molecule has 7 nitrogen and oxygen atoms in total. The summed E-state index contributed by atoms with van der Waals surface area (Å²) in [6.45, 7) is 2.07. The lowest BCUT2D eigenvalue weighted by Crippen LogP contribution is -2.10. The number of hydrogen-bond acceptors (Lipinski definition) is 5. The van der Waals surface area contributed by atoms with Crippen molar-refractivity contribution in [2.75, 3.05) is 5.32 Å². The van der Waals surface area contributed by atoms with Crippen LogP contribution in [0, 0.1) is 0 Å². The van der Waals surface area contributed by atoms with Crippen molar-refractivity contribution in [3.05, 3.63) is 60.8 Å². The average Bonchev–Trinajstić information content (AvgIpc) is 3.17. The van der Waals surface area contributed by atoms with Gasteiger partial charge in [0.1, 0.15) is 5.69 Å². The zero-order valence-corrected chi connectivity index (χ0v) is 15.5. The molecule has 0 aliphatic carbocycles. The minimum Gasteiger partial charge on any atom is -0.326 e. The molecule has 0 saturated carbocycles. The summed E-state index contributed by atoms with van der Waals surface area (Å²) in [6.07, 6.45) is 4.16. The lowest BCUT2D eigenvalue weighted by atomic mass is 10.1. The van der Waals surface area contributed by atoms with Gasteiger partial charge in [0.25, 0.3) is 0 Å². The first kappa shape index (κ1) is 17.8. The third kappa shape index (κ3) is 3.73. The Kier molecular flexibility index (Phi) is 5.05. The molecule has 3 aromatic heterocycles. The number of unbranched alkanes of at least 4 members (excludes halogenated alkanes) is 1. The van der Waals surface area contributed by atoms with Crippen LogP contribution >= 0.6 is 0 Å². The van der Waals surface area contributed by atoms with Crippen LogP contribution < -0.4 is 5.32 Å². The van der Waals surface area contributed by atoms with Crippen molar-refractivity contribution in [3.63, 3.8) is 0 Å². The fourth-order valence-electron chi connectivity index (χ4n) is 2.88. The van der Waals surface area contributed by atoms with E-state index < -0.39 is 0 Å². The number of fused-ring (bicyclic) bond motifs is 1. The molecule has 3 heterocycles. The summed E-state index contributed by atoms with van der Waals surface area (Å²) in [6, 6.07) is 17.1. The second-order valence-corrected chi connectivity index (χ2v) is 6.46. The number of anilines is 1. The molecule has 1 aromatic carbocycles. The molecule has 4 rings (SSSR count). The van der Waals surface area contributed by atoms with Gasteiger partial charge < -0.3 is 5.32 Å². The largest absolute Gasteiger partial charge is 0.326 e. The number of carbonyl (C=O) groups is 1. The molecule has 1 amide bonds. The highest BCUT2D eigenvalue weighted by molar-refractivity contribution is 5.90. The maximum atomic E-state index is 11.9. The molecule has 0 saturated heterocycles. The Labute approximate surface area is 162 Å². The topological polar surface area (TPSA) is 85.1 Å². The minimum atomic E-state index is 0.0404. The van der Waals surface area contributed by atoms with Gasteiger partial charge in [-0.2, -0.15) is 9.61 Å². The SMILES string of the molecule is CCCCC(=O)Nc1ccc(-c2ccc3nnc(-c4ccccn4)n3n2)cc1. The van der Waals surface area contributed by atoms with E-state index in [1.807, 2.05) is 54.6 Å². The number of amides is 1. The van der Waals surface area contributed by atoms with Crippen LogP contribution in [0.1, 0.15) is 26.2 Å². The molecule has 140 valence electrons. The van der Waals surface area contributed by atoms with Crippen molar-refractivity contribution in [1.82, 2.24) is 24.8 Å². The normalized spacial score (nSPS) is 10.9. The number of benzene rings is 1. The van der Waals surface area contributed by atoms with E-state index in [1.165, 1.54) is 0 Å². The van der Waals surface area contributed by atoms with Crippen molar-refractivity contribution in [3.8, 4) is 22.8 Å². The molecule has 28 heavy (non-hydrogen) atoms. The van der Waals surface area contributed by atoms with E-state index in [0.717, 1.165) is 29.8 Å². The Morgan fingerprint density at radius 2 is 1.86 bits per heavy atom. The van der Waals surface area contributed by atoms with Crippen LogP contribution in [0.15, 0.2) is 60.8 Å². The fraction of sp³-hybridized carbons (Fsp3) is 0.190. The average molecular weight is 372 g/mol. The van der Waals surface area contributed by atoms with Crippen molar-refractivity contribution >= 4 is 17.2 Å². The van der Waals surface area contributed by atoms with E-state index >= 15 is 0 Å². The minimum absolute atomic E-state index is 0.0404. The van der Waals surface area contributed by atoms with E-state index in [1.54, 1.807) is 10.7 Å². The van der Waals surface area contributed by atoms with E-state index in [2.05, 4.69) is 32.5 Å². The highest BCUT2D eigenvalue weighted by Gasteiger charge is 2.11. The molecule has 0 atom stereocenters.